The lowest BCUT2D eigenvalue weighted by Crippen LogP contribution is -2.46. The zero-order chi connectivity index (χ0) is 18.4. The van der Waals surface area contributed by atoms with Crippen molar-refractivity contribution in [3.8, 4) is 0 Å². The van der Waals surface area contributed by atoms with Gasteiger partial charge in [-0.2, -0.15) is 0 Å². The van der Waals surface area contributed by atoms with Gasteiger partial charge in [-0.25, -0.2) is 0 Å². The smallest absolute Gasteiger partial charge is 0.310 e. The Bertz CT molecular complexity index is 603. The highest BCUT2D eigenvalue weighted by Gasteiger charge is 2.41. The topological polar surface area (TPSA) is 69.6 Å². The number of benzene rings is 1. The largest absolute Gasteiger partial charge is 0.481 e. The van der Waals surface area contributed by atoms with E-state index >= 15 is 0 Å². The second-order valence-electron chi connectivity index (χ2n) is 7.93. The summed E-state index contributed by atoms with van der Waals surface area (Å²) in [6.45, 7) is 2.87. The first kappa shape index (κ1) is 18.9. The van der Waals surface area contributed by atoms with E-state index in [0.717, 1.165) is 51.7 Å². The van der Waals surface area contributed by atoms with Crippen molar-refractivity contribution in [3.63, 3.8) is 0 Å². The number of hydrogen-bond donors (Lipinski definition) is 2. The number of carboxylic acids is 1. The Morgan fingerprint density at radius 1 is 1.08 bits per heavy atom. The van der Waals surface area contributed by atoms with Crippen LogP contribution in [0.5, 0.6) is 0 Å². The van der Waals surface area contributed by atoms with E-state index in [9.17, 15) is 14.7 Å². The highest BCUT2D eigenvalue weighted by atomic mass is 16.4. The van der Waals surface area contributed by atoms with Crippen LogP contribution in [0.1, 0.15) is 56.9 Å². The Hall–Kier alpha value is -1.88. The molecule has 0 aromatic heterocycles. The minimum absolute atomic E-state index is 0.0872. The van der Waals surface area contributed by atoms with Crippen LogP contribution in [0.25, 0.3) is 0 Å². The molecule has 1 saturated heterocycles. The van der Waals surface area contributed by atoms with Gasteiger partial charge in [-0.3, -0.25) is 14.5 Å². The van der Waals surface area contributed by atoms with Crippen molar-refractivity contribution < 1.29 is 14.7 Å². The number of carbonyl (C=O) groups is 2. The molecule has 1 aromatic rings. The predicted octanol–water partition coefficient (Wildman–Crippen LogP) is 3.19. The molecule has 1 aromatic carbocycles. The summed E-state index contributed by atoms with van der Waals surface area (Å²) in [5.41, 5.74) is 0.478. The molecule has 0 bridgehead atoms. The second kappa shape index (κ2) is 8.67. The summed E-state index contributed by atoms with van der Waals surface area (Å²) in [5.74, 6) is -0.888. The van der Waals surface area contributed by atoms with Gasteiger partial charge in [0.2, 0.25) is 5.91 Å². The average molecular weight is 358 g/mol. The van der Waals surface area contributed by atoms with Gasteiger partial charge in [-0.05, 0) is 31.2 Å². The van der Waals surface area contributed by atoms with Crippen LogP contribution >= 0.6 is 0 Å². The molecule has 3 rings (SSSR count). The van der Waals surface area contributed by atoms with E-state index in [1.54, 1.807) is 0 Å². The van der Waals surface area contributed by atoms with Crippen LogP contribution in [0.15, 0.2) is 30.3 Å². The fraction of sp³-hybridized carbons (Fsp3) is 0.619. The Kier molecular flexibility index (Phi) is 6.30. The van der Waals surface area contributed by atoms with E-state index in [0.29, 0.717) is 12.8 Å². The molecule has 0 radical (unpaired) electrons. The van der Waals surface area contributed by atoms with Crippen LogP contribution in [0.4, 0.5) is 0 Å². The molecule has 142 valence electrons. The van der Waals surface area contributed by atoms with E-state index in [1.807, 2.05) is 6.07 Å². The van der Waals surface area contributed by atoms with Crippen molar-refractivity contribution >= 4 is 11.9 Å². The van der Waals surface area contributed by atoms with Gasteiger partial charge in [0.25, 0.3) is 0 Å². The summed E-state index contributed by atoms with van der Waals surface area (Å²) >= 11 is 0. The molecule has 5 heteroatoms. The van der Waals surface area contributed by atoms with Gasteiger partial charge in [-0.1, -0.05) is 49.6 Å². The molecule has 26 heavy (non-hydrogen) atoms. The summed E-state index contributed by atoms with van der Waals surface area (Å²) < 4.78 is 0. The summed E-state index contributed by atoms with van der Waals surface area (Å²) in [4.78, 5) is 26.6. The average Bonchev–Trinajstić information content (AvgIpc) is 2.65. The molecule has 1 saturated carbocycles. The van der Waals surface area contributed by atoms with Crippen molar-refractivity contribution in [1.82, 2.24) is 10.2 Å². The fourth-order valence-corrected chi connectivity index (χ4v) is 4.36. The van der Waals surface area contributed by atoms with Gasteiger partial charge in [0.15, 0.2) is 0 Å². The minimum Gasteiger partial charge on any atom is -0.481 e. The summed E-state index contributed by atoms with van der Waals surface area (Å²) in [5, 5.41) is 12.7. The van der Waals surface area contributed by atoms with E-state index in [2.05, 4.69) is 34.5 Å². The van der Waals surface area contributed by atoms with Gasteiger partial charge in [0.1, 0.15) is 0 Å². The highest BCUT2D eigenvalue weighted by Crippen LogP contribution is 2.39. The number of piperidine rings is 1. The summed E-state index contributed by atoms with van der Waals surface area (Å²) in [7, 11) is 0. The lowest BCUT2D eigenvalue weighted by atomic mass is 9.71. The van der Waals surface area contributed by atoms with Crippen LogP contribution in [-0.4, -0.2) is 41.0 Å². The molecule has 0 atom stereocenters. The Morgan fingerprint density at radius 3 is 2.35 bits per heavy atom. The van der Waals surface area contributed by atoms with E-state index in [4.69, 9.17) is 0 Å². The Labute approximate surface area is 155 Å². The van der Waals surface area contributed by atoms with Crippen LogP contribution in [0, 0.1) is 5.41 Å². The minimum atomic E-state index is -0.837. The van der Waals surface area contributed by atoms with Gasteiger partial charge >= 0.3 is 5.97 Å². The number of likely N-dealkylation sites (tertiary alicyclic amines) is 1. The van der Waals surface area contributed by atoms with E-state index in [1.165, 1.54) is 5.56 Å². The summed E-state index contributed by atoms with van der Waals surface area (Å²) in [6, 6.07) is 10.6. The fourth-order valence-electron chi connectivity index (χ4n) is 4.36. The quantitative estimate of drug-likeness (QED) is 0.819. The van der Waals surface area contributed by atoms with Crippen LogP contribution < -0.4 is 5.32 Å². The zero-order valence-corrected chi connectivity index (χ0v) is 15.5. The number of rotatable bonds is 6. The zero-order valence-electron chi connectivity index (χ0n) is 15.5. The Balaban J connectivity index is 1.45. The van der Waals surface area contributed by atoms with Crippen LogP contribution in [0.2, 0.25) is 0 Å². The lowest BCUT2D eigenvalue weighted by molar-refractivity contribution is -0.154. The molecule has 2 fully saturated rings. The Morgan fingerprint density at radius 2 is 1.73 bits per heavy atom. The third kappa shape index (κ3) is 4.85. The first-order chi connectivity index (χ1) is 12.6. The number of carbonyl (C=O) groups excluding carboxylic acids is 1. The number of carboxylic acid groups (broad SMARTS) is 1. The monoisotopic (exact) mass is 358 g/mol. The standard InChI is InChI=1S/C21H30N2O3/c24-19(15-21(20(25)26)11-5-2-6-12-21)22-18-9-13-23(14-10-18)16-17-7-3-1-4-8-17/h1,3-4,7-8,18H,2,5-6,9-16H2,(H,22,24)(H,25,26). The molecule has 1 aliphatic heterocycles. The maximum atomic E-state index is 12.5. The first-order valence-electron chi connectivity index (χ1n) is 9.86. The third-order valence-corrected chi connectivity index (χ3v) is 5.96. The maximum Gasteiger partial charge on any atom is 0.310 e. The molecule has 1 aliphatic carbocycles. The van der Waals surface area contributed by atoms with Crippen molar-refractivity contribution in [1.29, 1.82) is 0 Å². The van der Waals surface area contributed by atoms with E-state index < -0.39 is 11.4 Å². The SMILES string of the molecule is O=C(CC1(C(=O)O)CCCCC1)NC1CCN(Cc2ccccc2)CC1. The molecule has 1 heterocycles. The second-order valence-corrected chi connectivity index (χ2v) is 7.93. The van der Waals surface area contributed by atoms with Crippen molar-refractivity contribution in [3.05, 3.63) is 35.9 Å². The van der Waals surface area contributed by atoms with Crippen LogP contribution in [0.3, 0.4) is 0 Å². The van der Waals surface area contributed by atoms with E-state index in [-0.39, 0.29) is 18.4 Å². The molecule has 0 spiro atoms. The molecule has 2 aliphatic rings. The van der Waals surface area contributed by atoms with Crippen molar-refractivity contribution in [2.75, 3.05) is 13.1 Å². The predicted molar refractivity (Wildman–Crippen MR) is 101 cm³/mol. The number of nitrogens with one attached hydrogen (secondary N) is 1. The number of amides is 1. The first-order valence-corrected chi connectivity index (χ1v) is 9.86. The third-order valence-electron chi connectivity index (χ3n) is 5.96. The van der Waals surface area contributed by atoms with Gasteiger partial charge < -0.3 is 10.4 Å². The molecular weight excluding hydrogens is 328 g/mol. The van der Waals surface area contributed by atoms with Gasteiger partial charge in [0.05, 0.1) is 5.41 Å². The van der Waals surface area contributed by atoms with Gasteiger partial charge in [-0.15, -0.1) is 0 Å². The number of aliphatic carboxylic acids is 1. The maximum absolute atomic E-state index is 12.5. The highest BCUT2D eigenvalue weighted by molar-refractivity contribution is 5.85. The summed E-state index contributed by atoms with van der Waals surface area (Å²) in [6.07, 6.45) is 6.16. The van der Waals surface area contributed by atoms with Crippen LogP contribution in [-0.2, 0) is 16.1 Å². The number of hydrogen-bond acceptors (Lipinski definition) is 3. The van der Waals surface area contributed by atoms with Crippen molar-refractivity contribution in [2.45, 2.75) is 64.0 Å². The molecular formula is C21H30N2O3. The van der Waals surface area contributed by atoms with Gasteiger partial charge in [0, 0.05) is 32.1 Å². The lowest BCUT2D eigenvalue weighted by Gasteiger charge is -2.35. The normalized spacial score (nSPS) is 21.2. The van der Waals surface area contributed by atoms with Crippen molar-refractivity contribution in [2.24, 2.45) is 5.41 Å². The molecule has 1 amide bonds. The number of nitrogens with zero attached hydrogens (tertiary/aromatic N) is 1. The molecule has 5 nitrogen and oxygen atoms in total. The molecule has 0 unspecified atom stereocenters. The molecule has 2 N–H and O–H groups in total.